The third-order valence-electron chi connectivity index (χ3n) is 3.69. The van der Waals surface area contributed by atoms with Crippen LogP contribution < -0.4 is 5.73 Å². The van der Waals surface area contributed by atoms with E-state index in [9.17, 15) is 9.65 Å². The number of hydrogen-bond acceptors (Lipinski definition) is 3. The Morgan fingerprint density at radius 3 is 2.44 bits per heavy atom. The molecule has 0 fully saturated rings. The van der Waals surface area contributed by atoms with Crippen molar-refractivity contribution in [3.05, 3.63) is 76.1 Å². The molecule has 0 unspecified atom stereocenters. The SMILES string of the molecule is Cc1cc(F)cc(Cc2ccc(/C(N)=C(\C#N)C=NC(C)C)cc2)c1. The molecule has 0 spiro atoms. The van der Waals surface area contributed by atoms with E-state index in [1.807, 2.05) is 51.1 Å². The monoisotopic (exact) mass is 335 g/mol. The molecule has 4 heteroatoms. The molecule has 2 N–H and O–H groups in total. The summed E-state index contributed by atoms with van der Waals surface area (Å²) in [5, 5.41) is 9.26. The Balaban J connectivity index is 2.22. The van der Waals surface area contributed by atoms with Crippen LogP contribution in [-0.2, 0) is 6.42 Å². The van der Waals surface area contributed by atoms with Gasteiger partial charge in [-0.2, -0.15) is 5.26 Å². The lowest BCUT2D eigenvalue weighted by molar-refractivity contribution is 0.624. The van der Waals surface area contributed by atoms with Crippen molar-refractivity contribution in [1.29, 1.82) is 5.26 Å². The zero-order valence-corrected chi connectivity index (χ0v) is 14.8. The first-order chi connectivity index (χ1) is 11.9. The van der Waals surface area contributed by atoms with Crippen LogP contribution in [0.5, 0.6) is 0 Å². The Morgan fingerprint density at radius 2 is 1.88 bits per heavy atom. The average Bonchev–Trinajstić information content (AvgIpc) is 2.54. The molecule has 25 heavy (non-hydrogen) atoms. The van der Waals surface area contributed by atoms with Crippen LogP contribution in [0.15, 0.2) is 53.0 Å². The first-order valence-corrected chi connectivity index (χ1v) is 8.17. The highest BCUT2D eigenvalue weighted by Crippen LogP contribution is 2.17. The van der Waals surface area contributed by atoms with E-state index in [-0.39, 0.29) is 11.9 Å². The van der Waals surface area contributed by atoms with Crippen LogP contribution in [0.4, 0.5) is 4.39 Å². The van der Waals surface area contributed by atoms with Crippen LogP contribution in [0.3, 0.4) is 0 Å². The number of aliphatic imine (C=N–C) groups is 1. The molecular formula is C21H22FN3. The van der Waals surface area contributed by atoms with E-state index in [1.165, 1.54) is 12.3 Å². The van der Waals surface area contributed by atoms with Gasteiger partial charge in [0.25, 0.3) is 0 Å². The van der Waals surface area contributed by atoms with Crippen molar-refractivity contribution in [3.63, 3.8) is 0 Å². The lowest BCUT2D eigenvalue weighted by Gasteiger charge is -2.07. The highest BCUT2D eigenvalue weighted by atomic mass is 19.1. The summed E-state index contributed by atoms with van der Waals surface area (Å²) >= 11 is 0. The summed E-state index contributed by atoms with van der Waals surface area (Å²) in [4.78, 5) is 4.21. The van der Waals surface area contributed by atoms with E-state index in [1.54, 1.807) is 6.07 Å². The molecule has 0 heterocycles. The number of halogens is 1. The Kier molecular flexibility index (Phi) is 6.08. The summed E-state index contributed by atoms with van der Waals surface area (Å²) < 4.78 is 13.5. The highest BCUT2D eigenvalue weighted by molar-refractivity contribution is 5.94. The van der Waals surface area contributed by atoms with Crippen molar-refractivity contribution >= 4 is 11.9 Å². The number of nitriles is 1. The van der Waals surface area contributed by atoms with Crippen LogP contribution in [-0.4, -0.2) is 12.3 Å². The third-order valence-corrected chi connectivity index (χ3v) is 3.69. The molecule has 0 aromatic heterocycles. The zero-order valence-electron chi connectivity index (χ0n) is 14.8. The van der Waals surface area contributed by atoms with Gasteiger partial charge in [-0.25, -0.2) is 4.39 Å². The van der Waals surface area contributed by atoms with Crippen molar-refractivity contribution in [3.8, 4) is 6.07 Å². The number of aryl methyl sites for hydroxylation is 1. The largest absolute Gasteiger partial charge is 0.397 e. The number of rotatable bonds is 5. The molecule has 2 aromatic rings. The van der Waals surface area contributed by atoms with E-state index in [4.69, 9.17) is 5.73 Å². The van der Waals surface area contributed by atoms with Gasteiger partial charge >= 0.3 is 0 Å². The molecule has 3 nitrogen and oxygen atoms in total. The Labute approximate surface area is 148 Å². The third kappa shape index (κ3) is 5.29. The number of hydrogen-bond donors (Lipinski definition) is 1. The summed E-state index contributed by atoms with van der Waals surface area (Å²) in [6.45, 7) is 5.75. The Bertz CT molecular complexity index is 820. The van der Waals surface area contributed by atoms with E-state index >= 15 is 0 Å². The smallest absolute Gasteiger partial charge is 0.123 e. The van der Waals surface area contributed by atoms with Gasteiger partial charge in [-0.05, 0) is 61.6 Å². The lowest BCUT2D eigenvalue weighted by atomic mass is 10.0. The van der Waals surface area contributed by atoms with Gasteiger partial charge in [-0.3, -0.25) is 4.99 Å². The van der Waals surface area contributed by atoms with Crippen molar-refractivity contribution < 1.29 is 4.39 Å². The predicted molar refractivity (Wildman–Crippen MR) is 101 cm³/mol. The normalized spacial score (nSPS) is 12.3. The average molecular weight is 335 g/mol. The number of allylic oxidation sites excluding steroid dienone is 1. The maximum atomic E-state index is 13.5. The molecule has 0 radical (unpaired) electrons. The topological polar surface area (TPSA) is 62.2 Å². The van der Waals surface area contributed by atoms with Crippen LogP contribution in [0.25, 0.3) is 5.70 Å². The predicted octanol–water partition coefficient (Wildman–Crippen LogP) is 4.40. The second-order valence-electron chi connectivity index (χ2n) is 6.32. The molecule has 0 saturated carbocycles. The molecule has 0 aliphatic rings. The molecule has 0 aliphatic carbocycles. The van der Waals surface area contributed by atoms with Gasteiger partial charge in [0.05, 0.1) is 11.3 Å². The first kappa shape index (κ1) is 18.4. The number of nitrogens with zero attached hydrogens (tertiary/aromatic N) is 2. The van der Waals surface area contributed by atoms with Gasteiger partial charge in [-0.1, -0.05) is 30.3 Å². The number of benzene rings is 2. The minimum Gasteiger partial charge on any atom is -0.397 e. The molecule has 0 bridgehead atoms. The Hall–Kier alpha value is -2.93. The number of nitrogens with two attached hydrogens (primary N) is 1. The van der Waals surface area contributed by atoms with Gasteiger partial charge in [0, 0.05) is 12.3 Å². The van der Waals surface area contributed by atoms with Crippen molar-refractivity contribution in [2.75, 3.05) is 0 Å². The van der Waals surface area contributed by atoms with Crippen molar-refractivity contribution in [2.24, 2.45) is 10.7 Å². The fourth-order valence-electron chi connectivity index (χ4n) is 2.49. The van der Waals surface area contributed by atoms with E-state index < -0.39 is 0 Å². The maximum Gasteiger partial charge on any atom is 0.123 e. The Morgan fingerprint density at radius 1 is 1.20 bits per heavy atom. The van der Waals surface area contributed by atoms with Gasteiger partial charge < -0.3 is 5.73 Å². The van der Waals surface area contributed by atoms with Gasteiger partial charge in [0.15, 0.2) is 0 Å². The lowest BCUT2D eigenvalue weighted by Crippen LogP contribution is -2.03. The molecule has 0 amide bonds. The standard InChI is InChI=1S/C21H22FN3/c1-14(2)25-13-19(12-23)21(24)18-6-4-16(5-7-18)10-17-8-15(3)9-20(22)11-17/h4-9,11,13-14H,10,24H2,1-3H3/b21-19-,25-13?. The van der Waals surface area contributed by atoms with Crippen molar-refractivity contribution in [2.45, 2.75) is 33.2 Å². The van der Waals surface area contributed by atoms with Gasteiger partial charge in [0.1, 0.15) is 11.9 Å². The molecule has 128 valence electrons. The maximum absolute atomic E-state index is 13.5. The van der Waals surface area contributed by atoms with E-state index in [2.05, 4.69) is 11.1 Å². The van der Waals surface area contributed by atoms with Crippen LogP contribution in [0.1, 0.15) is 36.1 Å². The minimum atomic E-state index is -0.220. The van der Waals surface area contributed by atoms with Gasteiger partial charge in [0.2, 0.25) is 0 Å². The van der Waals surface area contributed by atoms with Crippen LogP contribution in [0, 0.1) is 24.1 Å². The molecule has 0 aliphatic heterocycles. The molecule has 2 rings (SSSR count). The molecule has 0 atom stereocenters. The highest BCUT2D eigenvalue weighted by Gasteiger charge is 2.05. The second-order valence-corrected chi connectivity index (χ2v) is 6.32. The van der Waals surface area contributed by atoms with Gasteiger partial charge in [-0.15, -0.1) is 0 Å². The molecule has 0 saturated heterocycles. The summed E-state index contributed by atoms with van der Waals surface area (Å²) in [5.41, 5.74) is 10.5. The minimum absolute atomic E-state index is 0.105. The zero-order chi connectivity index (χ0) is 18.4. The fraction of sp³-hybridized carbons (Fsp3) is 0.238. The molecular weight excluding hydrogens is 313 g/mol. The summed E-state index contributed by atoms with van der Waals surface area (Å²) in [5.74, 6) is -0.220. The summed E-state index contributed by atoms with van der Waals surface area (Å²) in [6.07, 6.45) is 2.16. The summed E-state index contributed by atoms with van der Waals surface area (Å²) in [6, 6.07) is 14.9. The molecule has 2 aromatic carbocycles. The van der Waals surface area contributed by atoms with Crippen LogP contribution >= 0.6 is 0 Å². The fourth-order valence-corrected chi connectivity index (χ4v) is 2.49. The summed E-state index contributed by atoms with van der Waals surface area (Å²) in [7, 11) is 0. The van der Waals surface area contributed by atoms with E-state index in [0.717, 1.165) is 22.3 Å². The second kappa shape index (κ2) is 8.25. The first-order valence-electron chi connectivity index (χ1n) is 8.17. The quantitative estimate of drug-likeness (QED) is 0.650. The van der Waals surface area contributed by atoms with Crippen LogP contribution in [0.2, 0.25) is 0 Å². The van der Waals surface area contributed by atoms with Crippen molar-refractivity contribution in [1.82, 2.24) is 0 Å². The van der Waals surface area contributed by atoms with E-state index in [0.29, 0.717) is 17.7 Å².